The van der Waals surface area contributed by atoms with Crippen LogP contribution in [0.1, 0.15) is 6.42 Å². The lowest BCUT2D eigenvalue weighted by Gasteiger charge is -2.21. The second kappa shape index (κ2) is 5.07. The van der Waals surface area contributed by atoms with Crippen molar-refractivity contribution in [2.75, 3.05) is 18.5 Å². The average molecular weight is 272 g/mol. The molecule has 6 heteroatoms. The van der Waals surface area contributed by atoms with Gasteiger partial charge < -0.3 is 15.8 Å². The molecule has 1 aliphatic rings. The second-order valence-corrected chi connectivity index (χ2v) is 4.88. The topological polar surface area (TPSA) is 82.2 Å². The van der Waals surface area contributed by atoms with E-state index in [9.17, 15) is 4.79 Å². The van der Waals surface area contributed by atoms with Crippen LogP contribution in [0.5, 0.6) is 0 Å². The van der Waals surface area contributed by atoms with E-state index in [1.807, 2.05) is 36.5 Å². The van der Waals surface area contributed by atoms with Crippen LogP contribution in [-0.4, -0.2) is 34.4 Å². The molecule has 1 atom stereocenters. The zero-order chi connectivity index (χ0) is 14.0. The Morgan fingerprint density at radius 2 is 2.25 bits per heavy atom. The minimum absolute atomic E-state index is 0.227. The first-order valence-corrected chi connectivity index (χ1v) is 6.46. The maximum atomic E-state index is 12.3. The van der Waals surface area contributed by atoms with Crippen molar-refractivity contribution in [3.63, 3.8) is 0 Å². The summed E-state index contributed by atoms with van der Waals surface area (Å²) in [5, 5.41) is 7.06. The van der Waals surface area contributed by atoms with Gasteiger partial charge in [-0.2, -0.15) is 5.10 Å². The molecule has 3 rings (SSSR count). The highest BCUT2D eigenvalue weighted by Crippen LogP contribution is 2.22. The Labute approximate surface area is 116 Å². The molecule has 1 fully saturated rings. The number of carbonyl (C=O) groups is 1. The molecule has 6 nitrogen and oxygen atoms in total. The van der Waals surface area contributed by atoms with E-state index in [1.54, 1.807) is 10.9 Å². The molecule has 0 spiro atoms. The first-order chi connectivity index (χ1) is 9.69. The highest BCUT2D eigenvalue weighted by Gasteiger charge is 2.38. The first-order valence-electron chi connectivity index (χ1n) is 6.46. The molecule has 1 aliphatic heterocycles. The van der Waals surface area contributed by atoms with Crippen molar-refractivity contribution in [1.29, 1.82) is 0 Å². The van der Waals surface area contributed by atoms with E-state index >= 15 is 0 Å². The zero-order valence-corrected chi connectivity index (χ0v) is 11.0. The van der Waals surface area contributed by atoms with Gasteiger partial charge in [-0.1, -0.05) is 12.1 Å². The quantitative estimate of drug-likeness (QED) is 0.870. The number of ether oxygens (including phenoxy) is 1. The van der Waals surface area contributed by atoms with E-state index in [2.05, 4.69) is 10.4 Å². The third-order valence-corrected chi connectivity index (χ3v) is 3.41. The number of rotatable bonds is 3. The standard InChI is InChI=1S/C14H16N4O2/c15-14(6-9-20-10-14)13(19)17-11-4-1-2-5-12(11)18-8-3-7-16-18/h1-5,7-8H,6,9-10,15H2,(H,17,19). The van der Waals surface area contributed by atoms with Crippen molar-refractivity contribution < 1.29 is 9.53 Å². The van der Waals surface area contributed by atoms with Crippen molar-refractivity contribution >= 4 is 11.6 Å². The van der Waals surface area contributed by atoms with Gasteiger partial charge in [-0.3, -0.25) is 4.79 Å². The number of para-hydroxylation sites is 2. The van der Waals surface area contributed by atoms with Gasteiger partial charge in [0.1, 0.15) is 5.54 Å². The van der Waals surface area contributed by atoms with Crippen LogP contribution >= 0.6 is 0 Å². The molecule has 1 unspecified atom stereocenters. The van der Waals surface area contributed by atoms with E-state index in [4.69, 9.17) is 10.5 Å². The number of hydrogen-bond acceptors (Lipinski definition) is 4. The van der Waals surface area contributed by atoms with Crippen LogP contribution in [-0.2, 0) is 9.53 Å². The Morgan fingerprint density at radius 3 is 2.95 bits per heavy atom. The fourth-order valence-corrected chi connectivity index (χ4v) is 2.20. The number of anilines is 1. The van der Waals surface area contributed by atoms with Gasteiger partial charge >= 0.3 is 0 Å². The predicted octanol–water partition coefficient (Wildman–Crippen LogP) is 0.929. The maximum absolute atomic E-state index is 12.3. The van der Waals surface area contributed by atoms with Crippen LogP contribution < -0.4 is 11.1 Å². The number of hydrogen-bond donors (Lipinski definition) is 2. The Kier molecular flexibility index (Phi) is 3.25. The van der Waals surface area contributed by atoms with Gasteiger partial charge in [0.05, 0.1) is 18.0 Å². The minimum atomic E-state index is -0.947. The fourth-order valence-electron chi connectivity index (χ4n) is 2.20. The Bertz CT molecular complexity index is 603. The molecule has 1 aromatic carbocycles. The van der Waals surface area contributed by atoms with Crippen molar-refractivity contribution in [2.24, 2.45) is 5.73 Å². The van der Waals surface area contributed by atoms with Gasteiger partial charge in [-0.25, -0.2) is 4.68 Å². The lowest BCUT2D eigenvalue weighted by atomic mass is 9.99. The third-order valence-electron chi connectivity index (χ3n) is 3.41. The lowest BCUT2D eigenvalue weighted by molar-refractivity contribution is -0.121. The van der Waals surface area contributed by atoms with Crippen LogP contribution in [0.2, 0.25) is 0 Å². The molecule has 1 saturated heterocycles. The fraction of sp³-hybridized carbons (Fsp3) is 0.286. The molecule has 1 aromatic heterocycles. The van der Waals surface area contributed by atoms with E-state index in [0.29, 0.717) is 18.7 Å². The Morgan fingerprint density at radius 1 is 1.40 bits per heavy atom. The van der Waals surface area contributed by atoms with Crippen LogP contribution in [0.3, 0.4) is 0 Å². The molecule has 0 saturated carbocycles. The van der Waals surface area contributed by atoms with E-state index in [-0.39, 0.29) is 12.5 Å². The van der Waals surface area contributed by atoms with Crippen LogP contribution in [0.15, 0.2) is 42.7 Å². The van der Waals surface area contributed by atoms with Gasteiger partial charge in [0.2, 0.25) is 5.91 Å². The Balaban J connectivity index is 1.86. The summed E-state index contributed by atoms with van der Waals surface area (Å²) in [5.74, 6) is -0.227. The lowest BCUT2D eigenvalue weighted by Crippen LogP contribution is -2.51. The smallest absolute Gasteiger partial charge is 0.247 e. The molecule has 20 heavy (non-hydrogen) atoms. The van der Waals surface area contributed by atoms with E-state index in [1.165, 1.54) is 0 Å². The van der Waals surface area contributed by atoms with Crippen molar-refractivity contribution in [1.82, 2.24) is 9.78 Å². The van der Waals surface area contributed by atoms with Crippen molar-refractivity contribution in [3.8, 4) is 5.69 Å². The SMILES string of the molecule is NC1(C(=O)Nc2ccccc2-n2cccn2)CCOC1. The van der Waals surface area contributed by atoms with Crippen molar-refractivity contribution in [3.05, 3.63) is 42.7 Å². The summed E-state index contributed by atoms with van der Waals surface area (Å²) < 4.78 is 6.92. The molecule has 2 heterocycles. The number of carbonyl (C=O) groups excluding carboxylic acids is 1. The largest absolute Gasteiger partial charge is 0.379 e. The van der Waals surface area contributed by atoms with Gasteiger partial charge in [0.15, 0.2) is 0 Å². The molecule has 3 N–H and O–H groups in total. The van der Waals surface area contributed by atoms with Crippen molar-refractivity contribution in [2.45, 2.75) is 12.0 Å². The normalized spacial score (nSPS) is 21.9. The summed E-state index contributed by atoms with van der Waals surface area (Å²) in [6.45, 7) is 0.771. The van der Waals surface area contributed by atoms with Crippen LogP contribution in [0.25, 0.3) is 5.69 Å². The van der Waals surface area contributed by atoms with Gasteiger partial charge in [-0.15, -0.1) is 0 Å². The summed E-state index contributed by atoms with van der Waals surface area (Å²) in [5.41, 5.74) is 6.59. The minimum Gasteiger partial charge on any atom is -0.379 e. The average Bonchev–Trinajstić information content (AvgIpc) is 3.11. The highest BCUT2D eigenvalue weighted by atomic mass is 16.5. The number of nitrogens with one attached hydrogen (secondary N) is 1. The van der Waals surface area contributed by atoms with Gasteiger partial charge in [0, 0.05) is 19.0 Å². The van der Waals surface area contributed by atoms with Gasteiger partial charge in [0.25, 0.3) is 0 Å². The molecule has 1 amide bonds. The summed E-state index contributed by atoms with van der Waals surface area (Å²) >= 11 is 0. The molecule has 104 valence electrons. The maximum Gasteiger partial charge on any atom is 0.247 e. The highest BCUT2D eigenvalue weighted by molar-refractivity contribution is 5.99. The molecule has 0 radical (unpaired) electrons. The molecule has 0 bridgehead atoms. The Hall–Kier alpha value is -2.18. The second-order valence-electron chi connectivity index (χ2n) is 4.88. The number of nitrogens with zero attached hydrogens (tertiary/aromatic N) is 2. The third kappa shape index (κ3) is 2.31. The predicted molar refractivity (Wildman–Crippen MR) is 74.5 cm³/mol. The summed E-state index contributed by atoms with van der Waals surface area (Å²) in [6, 6.07) is 9.29. The molecule has 2 aromatic rings. The number of amides is 1. The summed E-state index contributed by atoms with van der Waals surface area (Å²) in [6.07, 6.45) is 4.04. The van der Waals surface area contributed by atoms with Crippen LogP contribution in [0.4, 0.5) is 5.69 Å². The first kappa shape index (κ1) is 12.8. The van der Waals surface area contributed by atoms with Gasteiger partial charge in [-0.05, 0) is 24.6 Å². The summed E-state index contributed by atoms with van der Waals surface area (Å²) in [7, 11) is 0. The number of aromatic nitrogens is 2. The monoisotopic (exact) mass is 272 g/mol. The summed E-state index contributed by atoms with van der Waals surface area (Å²) in [4.78, 5) is 12.3. The zero-order valence-electron chi connectivity index (χ0n) is 11.0. The van der Waals surface area contributed by atoms with Crippen LogP contribution in [0, 0.1) is 0 Å². The van der Waals surface area contributed by atoms with E-state index < -0.39 is 5.54 Å². The van der Waals surface area contributed by atoms with E-state index in [0.717, 1.165) is 5.69 Å². The number of benzene rings is 1. The molecule has 0 aliphatic carbocycles. The molecular weight excluding hydrogens is 256 g/mol. The number of nitrogens with two attached hydrogens (primary N) is 1. The molecular formula is C14H16N4O2.